The molecule has 2 aromatic rings. The van der Waals surface area contributed by atoms with E-state index in [2.05, 4.69) is 48.3 Å². The molecule has 0 radical (unpaired) electrons. The van der Waals surface area contributed by atoms with E-state index in [9.17, 15) is 0 Å². The maximum Gasteiger partial charge on any atom is 0.161 e. The minimum Gasteiger partial charge on any atom is -0.494 e. The standard InChI is InChI=1S/C21H27NO3/c1-5-25-17-8-6-15(7-9-17)12-19-18-14-21(24-4)20(23-3)13-16(18)10-11-22(19)2/h6-9,13-14,19H,5,10-12H2,1-4H3. The van der Waals surface area contributed by atoms with Crippen LogP contribution in [0.25, 0.3) is 0 Å². The van der Waals surface area contributed by atoms with Crippen LogP contribution in [0.1, 0.15) is 29.7 Å². The molecule has 25 heavy (non-hydrogen) atoms. The van der Waals surface area contributed by atoms with E-state index in [4.69, 9.17) is 14.2 Å². The normalized spacial score (nSPS) is 17.0. The number of ether oxygens (including phenoxy) is 3. The Morgan fingerprint density at radius 3 is 2.36 bits per heavy atom. The summed E-state index contributed by atoms with van der Waals surface area (Å²) in [6.45, 7) is 3.74. The molecule has 4 nitrogen and oxygen atoms in total. The van der Waals surface area contributed by atoms with Crippen LogP contribution in [0.4, 0.5) is 0 Å². The van der Waals surface area contributed by atoms with E-state index in [1.165, 1.54) is 16.7 Å². The van der Waals surface area contributed by atoms with E-state index in [-0.39, 0.29) is 0 Å². The first-order chi connectivity index (χ1) is 12.2. The van der Waals surface area contributed by atoms with Crippen molar-refractivity contribution in [1.82, 2.24) is 4.90 Å². The lowest BCUT2D eigenvalue weighted by atomic mass is 9.88. The molecule has 0 N–H and O–H groups in total. The van der Waals surface area contributed by atoms with Crippen LogP contribution in [0.5, 0.6) is 17.2 Å². The molecule has 1 aliphatic heterocycles. The number of benzene rings is 2. The van der Waals surface area contributed by atoms with E-state index in [1.807, 2.05) is 6.92 Å². The van der Waals surface area contributed by atoms with Crippen LogP contribution in [0.2, 0.25) is 0 Å². The van der Waals surface area contributed by atoms with Crippen LogP contribution >= 0.6 is 0 Å². The van der Waals surface area contributed by atoms with Crippen molar-refractivity contribution in [2.24, 2.45) is 0 Å². The van der Waals surface area contributed by atoms with Crippen LogP contribution in [0.3, 0.4) is 0 Å². The second-order valence-electron chi connectivity index (χ2n) is 6.43. The smallest absolute Gasteiger partial charge is 0.161 e. The van der Waals surface area contributed by atoms with E-state index in [0.717, 1.165) is 36.6 Å². The minimum atomic E-state index is 0.335. The van der Waals surface area contributed by atoms with E-state index in [1.54, 1.807) is 14.2 Å². The van der Waals surface area contributed by atoms with Gasteiger partial charge in [0.1, 0.15) is 5.75 Å². The highest BCUT2D eigenvalue weighted by atomic mass is 16.5. The third-order valence-electron chi connectivity index (χ3n) is 4.93. The number of likely N-dealkylation sites (N-methyl/N-ethyl adjacent to an activating group) is 1. The van der Waals surface area contributed by atoms with Gasteiger partial charge in [-0.25, -0.2) is 0 Å². The molecule has 0 amide bonds. The van der Waals surface area contributed by atoms with Gasteiger partial charge in [0, 0.05) is 12.6 Å². The first-order valence-electron chi connectivity index (χ1n) is 8.83. The number of hydrogen-bond donors (Lipinski definition) is 0. The molecule has 1 atom stereocenters. The molecule has 134 valence electrons. The lowest BCUT2D eigenvalue weighted by Gasteiger charge is -2.35. The molecular formula is C21H27NO3. The summed E-state index contributed by atoms with van der Waals surface area (Å²) in [5, 5.41) is 0. The van der Waals surface area contributed by atoms with Gasteiger partial charge in [0.25, 0.3) is 0 Å². The summed E-state index contributed by atoms with van der Waals surface area (Å²) in [7, 11) is 5.58. The average molecular weight is 341 g/mol. The fourth-order valence-corrected chi connectivity index (χ4v) is 3.53. The highest BCUT2D eigenvalue weighted by Crippen LogP contribution is 2.38. The fourth-order valence-electron chi connectivity index (χ4n) is 3.53. The summed E-state index contributed by atoms with van der Waals surface area (Å²) in [6.07, 6.45) is 2.00. The molecule has 1 unspecified atom stereocenters. The molecule has 0 aromatic heterocycles. The monoisotopic (exact) mass is 341 g/mol. The fraction of sp³-hybridized carbons (Fsp3) is 0.429. The zero-order valence-corrected chi connectivity index (χ0v) is 15.5. The minimum absolute atomic E-state index is 0.335. The van der Waals surface area contributed by atoms with Gasteiger partial charge >= 0.3 is 0 Å². The van der Waals surface area contributed by atoms with Gasteiger partial charge in [0.2, 0.25) is 0 Å². The van der Waals surface area contributed by atoms with Crippen LogP contribution in [-0.2, 0) is 12.8 Å². The van der Waals surface area contributed by atoms with Gasteiger partial charge < -0.3 is 14.2 Å². The van der Waals surface area contributed by atoms with Crippen molar-refractivity contribution in [3.63, 3.8) is 0 Å². The lowest BCUT2D eigenvalue weighted by Crippen LogP contribution is -2.33. The summed E-state index contributed by atoms with van der Waals surface area (Å²) in [5.74, 6) is 2.54. The third-order valence-corrected chi connectivity index (χ3v) is 4.93. The maximum atomic E-state index is 5.54. The number of hydrogen-bond acceptors (Lipinski definition) is 4. The van der Waals surface area contributed by atoms with Crippen molar-refractivity contribution < 1.29 is 14.2 Å². The molecule has 0 fully saturated rings. The van der Waals surface area contributed by atoms with E-state index < -0.39 is 0 Å². The van der Waals surface area contributed by atoms with Crippen LogP contribution in [-0.4, -0.2) is 39.3 Å². The lowest BCUT2D eigenvalue weighted by molar-refractivity contribution is 0.228. The Bertz CT molecular complexity index is 712. The number of nitrogens with zero attached hydrogens (tertiary/aromatic N) is 1. The third kappa shape index (κ3) is 3.74. The zero-order chi connectivity index (χ0) is 17.8. The van der Waals surface area contributed by atoms with Gasteiger partial charge in [-0.2, -0.15) is 0 Å². The molecule has 2 aromatic carbocycles. The van der Waals surface area contributed by atoms with Crippen molar-refractivity contribution in [2.75, 3.05) is 34.4 Å². The Kier molecular flexibility index (Phi) is 5.49. The van der Waals surface area contributed by atoms with Gasteiger partial charge in [-0.3, -0.25) is 4.90 Å². The van der Waals surface area contributed by atoms with E-state index in [0.29, 0.717) is 12.6 Å². The Morgan fingerprint density at radius 2 is 1.72 bits per heavy atom. The summed E-state index contributed by atoms with van der Waals surface area (Å²) in [5.41, 5.74) is 4.00. The molecular weight excluding hydrogens is 314 g/mol. The van der Waals surface area contributed by atoms with Gasteiger partial charge in [0.05, 0.1) is 20.8 Å². The van der Waals surface area contributed by atoms with Crippen molar-refractivity contribution in [3.05, 3.63) is 53.1 Å². The molecule has 3 rings (SSSR count). The first kappa shape index (κ1) is 17.6. The topological polar surface area (TPSA) is 30.9 Å². The van der Waals surface area contributed by atoms with Crippen LogP contribution < -0.4 is 14.2 Å². The Labute approximate surface area is 150 Å². The predicted octanol–water partition coefficient (Wildman–Crippen LogP) is 3.87. The summed E-state index contributed by atoms with van der Waals surface area (Å²) >= 11 is 0. The summed E-state index contributed by atoms with van der Waals surface area (Å²) < 4.78 is 16.5. The highest BCUT2D eigenvalue weighted by molar-refractivity contribution is 5.49. The molecule has 0 saturated heterocycles. The number of fused-ring (bicyclic) bond motifs is 1. The summed E-state index contributed by atoms with van der Waals surface area (Å²) in [6, 6.07) is 13.0. The van der Waals surface area contributed by atoms with Crippen molar-refractivity contribution in [1.29, 1.82) is 0 Å². The van der Waals surface area contributed by atoms with Crippen molar-refractivity contribution in [3.8, 4) is 17.2 Å². The molecule has 0 spiro atoms. The SMILES string of the molecule is CCOc1ccc(CC2c3cc(OC)c(OC)cc3CCN2C)cc1. The largest absolute Gasteiger partial charge is 0.494 e. The molecule has 4 heteroatoms. The summed E-state index contributed by atoms with van der Waals surface area (Å²) in [4.78, 5) is 2.42. The van der Waals surface area contributed by atoms with Gasteiger partial charge in [-0.1, -0.05) is 12.1 Å². The van der Waals surface area contributed by atoms with Crippen molar-refractivity contribution >= 4 is 0 Å². The Balaban J connectivity index is 1.89. The first-order valence-corrected chi connectivity index (χ1v) is 8.83. The van der Waals surface area contributed by atoms with Crippen LogP contribution in [0, 0.1) is 0 Å². The number of rotatable bonds is 6. The average Bonchev–Trinajstić information content (AvgIpc) is 2.64. The van der Waals surface area contributed by atoms with E-state index >= 15 is 0 Å². The zero-order valence-electron chi connectivity index (χ0n) is 15.5. The molecule has 0 saturated carbocycles. The van der Waals surface area contributed by atoms with Gasteiger partial charge in [-0.05, 0) is 67.8 Å². The Hall–Kier alpha value is -2.20. The predicted molar refractivity (Wildman–Crippen MR) is 99.9 cm³/mol. The molecule has 0 bridgehead atoms. The van der Waals surface area contributed by atoms with Gasteiger partial charge in [-0.15, -0.1) is 0 Å². The second kappa shape index (κ2) is 7.79. The highest BCUT2D eigenvalue weighted by Gasteiger charge is 2.27. The second-order valence-corrected chi connectivity index (χ2v) is 6.43. The quantitative estimate of drug-likeness (QED) is 0.798. The van der Waals surface area contributed by atoms with Gasteiger partial charge in [0.15, 0.2) is 11.5 Å². The maximum absolute atomic E-state index is 5.54. The van der Waals surface area contributed by atoms with Crippen molar-refractivity contribution in [2.45, 2.75) is 25.8 Å². The van der Waals surface area contributed by atoms with Crippen LogP contribution in [0.15, 0.2) is 36.4 Å². The molecule has 1 aliphatic rings. The Morgan fingerprint density at radius 1 is 1.04 bits per heavy atom. The molecule has 1 heterocycles. The number of methoxy groups -OCH3 is 2. The molecule has 0 aliphatic carbocycles.